The second-order valence-electron chi connectivity index (χ2n) is 10.9. The lowest BCUT2D eigenvalue weighted by Crippen LogP contribution is -2.00. The zero-order chi connectivity index (χ0) is 29.7. The van der Waals surface area contributed by atoms with E-state index in [2.05, 4.69) is 54.6 Å². The highest BCUT2D eigenvalue weighted by molar-refractivity contribution is 7.25. The first-order valence-corrected chi connectivity index (χ1v) is 15.5. The number of hydrogen-bond acceptors (Lipinski definition) is 6. The molecule has 1 aliphatic heterocycles. The van der Waals surface area contributed by atoms with Crippen LogP contribution in [-0.4, -0.2) is 15.0 Å². The van der Waals surface area contributed by atoms with E-state index in [1.54, 1.807) is 11.3 Å². The van der Waals surface area contributed by atoms with Crippen molar-refractivity contribution in [3.05, 3.63) is 140 Å². The van der Waals surface area contributed by atoms with Crippen LogP contribution in [0.4, 0.5) is 0 Å². The first-order chi connectivity index (χ1) is 22.2. The molecule has 0 saturated heterocycles. The Hall–Kier alpha value is -5.85. The summed E-state index contributed by atoms with van der Waals surface area (Å²) in [6, 6.07) is 47.0. The van der Waals surface area contributed by atoms with E-state index in [-0.39, 0.29) is 0 Å². The van der Waals surface area contributed by atoms with Crippen LogP contribution < -0.4 is 9.47 Å². The van der Waals surface area contributed by atoms with Gasteiger partial charge in [-0.15, -0.1) is 11.3 Å². The fourth-order valence-electron chi connectivity index (χ4n) is 5.76. The van der Waals surface area contributed by atoms with Crippen LogP contribution in [0.15, 0.2) is 140 Å². The molecule has 0 radical (unpaired) electrons. The number of hydrogen-bond donors (Lipinski definition) is 0. The molecule has 0 saturated carbocycles. The third kappa shape index (κ3) is 4.60. The van der Waals surface area contributed by atoms with Gasteiger partial charge in [-0.25, -0.2) is 15.0 Å². The first kappa shape index (κ1) is 25.6. The lowest BCUT2D eigenvalue weighted by Gasteiger charge is -2.21. The lowest BCUT2D eigenvalue weighted by molar-refractivity contribution is 0.360. The summed E-state index contributed by atoms with van der Waals surface area (Å²) >= 11 is 1.76. The van der Waals surface area contributed by atoms with E-state index in [1.807, 2.05) is 84.9 Å². The van der Waals surface area contributed by atoms with Crippen molar-refractivity contribution in [1.29, 1.82) is 0 Å². The molecule has 0 spiro atoms. The SMILES string of the molecule is c1ccc(-c2nc(-c3ccccc3)nc(-c3cccc(-c4ccc5c(c4)Oc4cc6sc7ccccc7c6cc4O5)c3)n2)cc1. The number of aromatic nitrogens is 3. The van der Waals surface area contributed by atoms with Gasteiger partial charge >= 0.3 is 0 Å². The van der Waals surface area contributed by atoms with Gasteiger partial charge in [0.15, 0.2) is 40.5 Å². The molecule has 6 heteroatoms. The molecule has 0 fully saturated rings. The maximum absolute atomic E-state index is 6.44. The minimum Gasteiger partial charge on any atom is -0.449 e. The van der Waals surface area contributed by atoms with Gasteiger partial charge in [-0.1, -0.05) is 103 Å². The third-order valence-corrected chi connectivity index (χ3v) is 9.11. The topological polar surface area (TPSA) is 57.1 Å². The Kier molecular flexibility index (Phi) is 5.92. The van der Waals surface area contributed by atoms with Crippen molar-refractivity contribution < 1.29 is 9.47 Å². The maximum atomic E-state index is 6.44. The van der Waals surface area contributed by atoms with Gasteiger partial charge in [0.05, 0.1) is 0 Å². The number of thiophene rings is 1. The van der Waals surface area contributed by atoms with Crippen molar-refractivity contribution in [3.8, 4) is 68.3 Å². The highest BCUT2D eigenvalue weighted by atomic mass is 32.1. The Labute approximate surface area is 263 Å². The average Bonchev–Trinajstić information content (AvgIpc) is 3.47. The van der Waals surface area contributed by atoms with Gasteiger partial charge < -0.3 is 9.47 Å². The molecule has 9 rings (SSSR count). The van der Waals surface area contributed by atoms with Gasteiger partial charge in [0.25, 0.3) is 0 Å². The van der Waals surface area contributed by atoms with Gasteiger partial charge in [-0.05, 0) is 41.5 Å². The van der Waals surface area contributed by atoms with Gasteiger partial charge in [0.1, 0.15) is 0 Å². The molecule has 3 heterocycles. The first-order valence-electron chi connectivity index (χ1n) is 14.7. The van der Waals surface area contributed by atoms with Crippen LogP contribution in [0.25, 0.3) is 65.5 Å². The summed E-state index contributed by atoms with van der Waals surface area (Å²) in [4.78, 5) is 14.6. The van der Waals surface area contributed by atoms with E-state index in [4.69, 9.17) is 24.4 Å². The van der Waals surface area contributed by atoms with E-state index >= 15 is 0 Å². The summed E-state index contributed by atoms with van der Waals surface area (Å²) in [7, 11) is 0. The zero-order valence-corrected chi connectivity index (χ0v) is 24.7. The molecule has 0 unspecified atom stereocenters. The Balaban J connectivity index is 1.09. The molecule has 6 aromatic carbocycles. The second kappa shape index (κ2) is 10.4. The molecule has 45 heavy (non-hydrogen) atoms. The molecule has 0 amide bonds. The van der Waals surface area contributed by atoms with E-state index in [9.17, 15) is 0 Å². The Morgan fingerprint density at radius 1 is 0.356 bits per heavy atom. The second-order valence-corrected chi connectivity index (χ2v) is 12.0. The Morgan fingerprint density at radius 2 is 0.911 bits per heavy atom. The highest BCUT2D eigenvalue weighted by Crippen LogP contribution is 2.50. The van der Waals surface area contributed by atoms with Crippen molar-refractivity contribution in [1.82, 2.24) is 15.0 Å². The smallest absolute Gasteiger partial charge is 0.171 e. The van der Waals surface area contributed by atoms with Crippen molar-refractivity contribution in [2.75, 3.05) is 0 Å². The molecule has 0 atom stereocenters. The molecular weight excluding hydrogens is 575 g/mol. The van der Waals surface area contributed by atoms with Gasteiger partial charge in [0, 0.05) is 42.9 Å². The van der Waals surface area contributed by atoms with E-state index in [0.717, 1.165) is 39.3 Å². The fourth-order valence-corrected chi connectivity index (χ4v) is 6.87. The summed E-state index contributed by atoms with van der Waals surface area (Å²) in [5.41, 5.74) is 4.81. The fraction of sp³-hybridized carbons (Fsp3) is 0. The van der Waals surface area contributed by atoms with E-state index in [0.29, 0.717) is 29.0 Å². The van der Waals surface area contributed by atoms with Crippen LogP contribution in [0, 0.1) is 0 Å². The summed E-state index contributed by atoms with van der Waals surface area (Å²) < 4.78 is 15.2. The monoisotopic (exact) mass is 597 g/mol. The maximum Gasteiger partial charge on any atom is 0.171 e. The van der Waals surface area contributed by atoms with Crippen molar-refractivity contribution in [2.45, 2.75) is 0 Å². The largest absolute Gasteiger partial charge is 0.449 e. The van der Waals surface area contributed by atoms with Crippen LogP contribution in [-0.2, 0) is 0 Å². The number of fused-ring (bicyclic) bond motifs is 5. The molecule has 0 bridgehead atoms. The molecule has 1 aliphatic rings. The lowest BCUT2D eigenvalue weighted by atomic mass is 10.0. The van der Waals surface area contributed by atoms with Crippen LogP contribution in [0.2, 0.25) is 0 Å². The zero-order valence-electron chi connectivity index (χ0n) is 23.8. The summed E-state index contributed by atoms with van der Waals surface area (Å²) in [6.45, 7) is 0. The van der Waals surface area contributed by atoms with Crippen molar-refractivity contribution >= 4 is 31.5 Å². The molecule has 8 aromatic rings. The quantitative estimate of drug-likeness (QED) is 0.202. The molecule has 0 N–H and O–H groups in total. The van der Waals surface area contributed by atoms with Crippen molar-refractivity contribution in [2.24, 2.45) is 0 Å². The summed E-state index contributed by atoms with van der Waals surface area (Å²) in [6.07, 6.45) is 0. The summed E-state index contributed by atoms with van der Waals surface area (Å²) in [5, 5.41) is 2.41. The van der Waals surface area contributed by atoms with Crippen LogP contribution in [0.1, 0.15) is 0 Å². The highest BCUT2D eigenvalue weighted by Gasteiger charge is 2.22. The molecule has 2 aromatic heterocycles. The Bertz CT molecular complexity index is 2330. The minimum atomic E-state index is 0.614. The number of ether oxygens (including phenoxy) is 2. The molecular formula is C39H23N3O2S. The number of benzene rings is 6. The van der Waals surface area contributed by atoms with E-state index in [1.165, 1.54) is 20.2 Å². The third-order valence-electron chi connectivity index (χ3n) is 7.98. The predicted octanol–water partition coefficient (Wildman–Crippen LogP) is 10.8. The normalized spacial score (nSPS) is 11.9. The van der Waals surface area contributed by atoms with Gasteiger partial charge in [-0.2, -0.15) is 0 Å². The standard InChI is InChI=1S/C39H23N3O2S/c1-3-10-24(11-4-1)37-40-38(25-12-5-2-6-13-25)42-39(41-37)28-15-9-14-26(20-28)27-18-19-31-32(21-27)44-34-23-36-30(22-33(34)43-31)29-16-7-8-17-35(29)45-36/h1-23H. The van der Waals surface area contributed by atoms with Crippen LogP contribution in [0.3, 0.4) is 0 Å². The van der Waals surface area contributed by atoms with Crippen LogP contribution in [0.5, 0.6) is 23.0 Å². The van der Waals surface area contributed by atoms with Gasteiger partial charge in [-0.3, -0.25) is 0 Å². The van der Waals surface area contributed by atoms with E-state index < -0.39 is 0 Å². The van der Waals surface area contributed by atoms with Crippen molar-refractivity contribution in [3.63, 3.8) is 0 Å². The van der Waals surface area contributed by atoms with Crippen LogP contribution >= 0.6 is 11.3 Å². The number of rotatable bonds is 4. The molecule has 0 aliphatic carbocycles. The Morgan fingerprint density at radius 3 is 1.67 bits per heavy atom. The molecule has 5 nitrogen and oxygen atoms in total. The van der Waals surface area contributed by atoms with Gasteiger partial charge in [0.2, 0.25) is 0 Å². The molecule has 212 valence electrons. The predicted molar refractivity (Wildman–Crippen MR) is 181 cm³/mol. The number of nitrogens with zero attached hydrogens (tertiary/aromatic N) is 3. The minimum absolute atomic E-state index is 0.614. The average molecular weight is 598 g/mol. The summed E-state index contributed by atoms with van der Waals surface area (Å²) in [5.74, 6) is 4.71.